The maximum Gasteiger partial charge on any atom is 0.224 e. The van der Waals surface area contributed by atoms with Crippen LogP contribution in [0.5, 0.6) is 11.6 Å². The van der Waals surface area contributed by atoms with Crippen LogP contribution in [0.2, 0.25) is 0 Å². The Bertz CT molecular complexity index is 601. The fourth-order valence-corrected chi connectivity index (χ4v) is 2.03. The highest BCUT2D eigenvalue weighted by Crippen LogP contribution is 2.28. The van der Waals surface area contributed by atoms with Crippen LogP contribution in [0.25, 0.3) is 0 Å². The van der Waals surface area contributed by atoms with E-state index in [-0.39, 0.29) is 0 Å². The number of benzene rings is 1. The van der Waals surface area contributed by atoms with Crippen LogP contribution in [0.15, 0.2) is 18.2 Å². The minimum atomic E-state index is 0.578. The number of ether oxygens (including phenoxy) is 1. The molecule has 0 radical (unpaired) electrons. The van der Waals surface area contributed by atoms with Crippen molar-refractivity contribution in [3.63, 3.8) is 0 Å². The quantitative estimate of drug-likeness (QED) is 0.918. The van der Waals surface area contributed by atoms with Gasteiger partial charge in [-0.1, -0.05) is 13.0 Å². The summed E-state index contributed by atoms with van der Waals surface area (Å²) in [5.74, 6) is 2.97. The second-order valence-electron chi connectivity index (χ2n) is 4.92. The molecule has 0 fully saturated rings. The van der Waals surface area contributed by atoms with Gasteiger partial charge in [0.15, 0.2) is 0 Å². The fourth-order valence-electron chi connectivity index (χ4n) is 2.03. The molecule has 1 heterocycles. The molecule has 0 spiro atoms. The minimum absolute atomic E-state index is 0.578. The first-order valence-electron chi connectivity index (χ1n) is 6.85. The van der Waals surface area contributed by atoms with Crippen molar-refractivity contribution >= 4 is 5.82 Å². The van der Waals surface area contributed by atoms with Crippen molar-refractivity contribution in [2.45, 2.75) is 34.1 Å². The van der Waals surface area contributed by atoms with Crippen molar-refractivity contribution in [1.82, 2.24) is 9.97 Å². The molecule has 0 atom stereocenters. The molecule has 1 aromatic carbocycles. The van der Waals surface area contributed by atoms with E-state index in [0.29, 0.717) is 5.88 Å². The van der Waals surface area contributed by atoms with E-state index >= 15 is 0 Å². The number of nitrogens with one attached hydrogen (secondary N) is 1. The molecule has 4 heteroatoms. The summed E-state index contributed by atoms with van der Waals surface area (Å²) in [5, 5.41) is 3.03. The van der Waals surface area contributed by atoms with E-state index in [9.17, 15) is 0 Å². The van der Waals surface area contributed by atoms with Crippen molar-refractivity contribution in [2.75, 3.05) is 12.4 Å². The van der Waals surface area contributed by atoms with E-state index in [1.54, 1.807) is 0 Å². The maximum atomic E-state index is 5.96. The molecule has 20 heavy (non-hydrogen) atoms. The van der Waals surface area contributed by atoms with Crippen LogP contribution in [0.4, 0.5) is 5.82 Å². The van der Waals surface area contributed by atoms with E-state index in [4.69, 9.17) is 4.74 Å². The summed E-state index contributed by atoms with van der Waals surface area (Å²) in [7, 11) is 1.84. The second-order valence-corrected chi connectivity index (χ2v) is 4.92. The zero-order chi connectivity index (χ0) is 14.7. The van der Waals surface area contributed by atoms with Crippen molar-refractivity contribution in [3.8, 4) is 11.6 Å². The minimum Gasteiger partial charge on any atom is -0.439 e. The number of rotatable bonds is 4. The molecule has 0 aliphatic heterocycles. The van der Waals surface area contributed by atoms with Gasteiger partial charge in [0.25, 0.3) is 0 Å². The standard InChI is InChI=1S/C16H21N3O/c1-6-14-18-15(17-5)9-16(19-14)20-13-8-10(2)7-11(3)12(13)4/h7-9H,6H2,1-5H3,(H,17,18,19). The molecular formula is C16H21N3O. The van der Waals surface area contributed by atoms with E-state index in [2.05, 4.69) is 42.1 Å². The molecule has 0 aliphatic rings. The van der Waals surface area contributed by atoms with Gasteiger partial charge in [-0.25, -0.2) is 4.98 Å². The summed E-state index contributed by atoms with van der Waals surface area (Å²) in [4.78, 5) is 8.79. The smallest absolute Gasteiger partial charge is 0.224 e. The van der Waals surface area contributed by atoms with E-state index in [1.165, 1.54) is 11.1 Å². The fraction of sp³-hybridized carbons (Fsp3) is 0.375. The SMILES string of the molecule is CCc1nc(NC)cc(Oc2cc(C)cc(C)c2C)n1. The predicted octanol–water partition coefficient (Wildman–Crippen LogP) is 3.80. The van der Waals surface area contributed by atoms with Gasteiger partial charge in [-0.05, 0) is 43.5 Å². The Hall–Kier alpha value is -2.10. The highest BCUT2D eigenvalue weighted by Gasteiger charge is 2.08. The molecule has 1 N–H and O–H groups in total. The zero-order valence-corrected chi connectivity index (χ0v) is 12.7. The van der Waals surface area contributed by atoms with Crippen LogP contribution in [0.1, 0.15) is 29.4 Å². The van der Waals surface area contributed by atoms with Crippen LogP contribution in [-0.4, -0.2) is 17.0 Å². The average Bonchev–Trinajstić information content (AvgIpc) is 2.43. The summed E-state index contributed by atoms with van der Waals surface area (Å²) in [6.45, 7) is 8.24. The lowest BCUT2D eigenvalue weighted by Crippen LogP contribution is -2.01. The second kappa shape index (κ2) is 5.90. The molecule has 1 aromatic heterocycles. The van der Waals surface area contributed by atoms with Crippen molar-refractivity contribution < 1.29 is 4.74 Å². The first kappa shape index (κ1) is 14.3. The van der Waals surface area contributed by atoms with Gasteiger partial charge in [0.2, 0.25) is 5.88 Å². The van der Waals surface area contributed by atoms with E-state index in [0.717, 1.165) is 29.4 Å². The van der Waals surface area contributed by atoms with E-state index < -0.39 is 0 Å². The van der Waals surface area contributed by atoms with Gasteiger partial charge >= 0.3 is 0 Å². The van der Waals surface area contributed by atoms with Gasteiger partial charge < -0.3 is 10.1 Å². The Morgan fingerprint density at radius 3 is 2.50 bits per heavy atom. The summed E-state index contributed by atoms with van der Waals surface area (Å²) < 4.78 is 5.96. The Labute approximate surface area is 120 Å². The molecule has 0 saturated carbocycles. The van der Waals surface area contributed by atoms with Gasteiger partial charge in [0, 0.05) is 19.5 Å². The van der Waals surface area contributed by atoms with Gasteiger partial charge in [-0.15, -0.1) is 0 Å². The molecule has 106 valence electrons. The Kier molecular flexibility index (Phi) is 4.23. The van der Waals surface area contributed by atoms with Crippen molar-refractivity contribution in [3.05, 3.63) is 40.7 Å². The number of aromatic nitrogens is 2. The number of hydrogen-bond acceptors (Lipinski definition) is 4. The first-order chi connectivity index (χ1) is 9.53. The lowest BCUT2D eigenvalue weighted by atomic mass is 10.1. The predicted molar refractivity (Wildman–Crippen MR) is 81.7 cm³/mol. The average molecular weight is 271 g/mol. The number of aryl methyl sites for hydroxylation is 3. The zero-order valence-electron chi connectivity index (χ0n) is 12.7. The lowest BCUT2D eigenvalue weighted by Gasteiger charge is -2.12. The van der Waals surface area contributed by atoms with Gasteiger partial charge in [0.05, 0.1) is 0 Å². The van der Waals surface area contributed by atoms with Crippen molar-refractivity contribution in [1.29, 1.82) is 0 Å². The first-order valence-corrected chi connectivity index (χ1v) is 6.85. The molecule has 0 unspecified atom stereocenters. The molecule has 0 bridgehead atoms. The molecule has 2 aromatic rings. The molecular weight excluding hydrogens is 250 g/mol. The van der Waals surface area contributed by atoms with Crippen LogP contribution in [0.3, 0.4) is 0 Å². The van der Waals surface area contributed by atoms with Crippen LogP contribution < -0.4 is 10.1 Å². The normalized spacial score (nSPS) is 10.4. The third kappa shape index (κ3) is 3.07. The highest BCUT2D eigenvalue weighted by molar-refractivity contribution is 5.45. The molecule has 2 rings (SSSR count). The third-order valence-electron chi connectivity index (χ3n) is 3.30. The largest absolute Gasteiger partial charge is 0.439 e. The Morgan fingerprint density at radius 1 is 1.10 bits per heavy atom. The molecule has 0 aliphatic carbocycles. The number of nitrogens with zero attached hydrogens (tertiary/aromatic N) is 2. The topological polar surface area (TPSA) is 47.0 Å². The van der Waals surface area contributed by atoms with Gasteiger partial charge in [0.1, 0.15) is 17.4 Å². The highest BCUT2D eigenvalue weighted by atomic mass is 16.5. The van der Waals surface area contributed by atoms with Crippen LogP contribution >= 0.6 is 0 Å². The monoisotopic (exact) mass is 271 g/mol. The van der Waals surface area contributed by atoms with Crippen molar-refractivity contribution in [2.24, 2.45) is 0 Å². The van der Waals surface area contributed by atoms with Crippen LogP contribution in [0, 0.1) is 20.8 Å². The number of anilines is 1. The van der Waals surface area contributed by atoms with Gasteiger partial charge in [-0.2, -0.15) is 4.98 Å². The molecule has 0 saturated heterocycles. The maximum absolute atomic E-state index is 5.96. The number of hydrogen-bond donors (Lipinski definition) is 1. The molecule has 4 nitrogen and oxygen atoms in total. The Morgan fingerprint density at radius 2 is 1.85 bits per heavy atom. The Balaban J connectivity index is 2.39. The summed E-state index contributed by atoms with van der Waals surface area (Å²) in [5.41, 5.74) is 3.54. The third-order valence-corrected chi connectivity index (χ3v) is 3.30. The van der Waals surface area contributed by atoms with Gasteiger partial charge in [-0.3, -0.25) is 0 Å². The van der Waals surface area contributed by atoms with Crippen LogP contribution in [-0.2, 0) is 6.42 Å². The van der Waals surface area contributed by atoms with E-state index in [1.807, 2.05) is 26.1 Å². The summed E-state index contributed by atoms with van der Waals surface area (Å²) in [6, 6.07) is 6.00. The summed E-state index contributed by atoms with van der Waals surface area (Å²) in [6.07, 6.45) is 0.776. The summed E-state index contributed by atoms with van der Waals surface area (Å²) >= 11 is 0. The lowest BCUT2D eigenvalue weighted by molar-refractivity contribution is 0.455. The molecule has 0 amide bonds.